The summed E-state index contributed by atoms with van der Waals surface area (Å²) in [6.45, 7) is 2.60. The van der Waals surface area contributed by atoms with Gasteiger partial charge in [0.2, 0.25) is 0 Å². The molecule has 2 aromatic heterocycles. The molecule has 1 N–H and O–H groups in total. The van der Waals surface area contributed by atoms with Gasteiger partial charge in [0.15, 0.2) is 10.9 Å². The Bertz CT molecular complexity index is 1310. The second-order valence-electron chi connectivity index (χ2n) is 7.50. The number of hydrogen-bond donors (Lipinski definition) is 1. The molecule has 0 unspecified atom stereocenters. The van der Waals surface area contributed by atoms with Crippen LogP contribution in [0.3, 0.4) is 0 Å². The lowest BCUT2D eigenvalue weighted by molar-refractivity contribution is 0.102. The number of anilines is 1. The molecule has 0 aliphatic rings. The lowest BCUT2D eigenvalue weighted by Crippen LogP contribution is -2.27. The van der Waals surface area contributed by atoms with Gasteiger partial charge in [0.1, 0.15) is 0 Å². The molecule has 0 radical (unpaired) electrons. The zero-order valence-electron chi connectivity index (χ0n) is 18.1. The summed E-state index contributed by atoms with van der Waals surface area (Å²) in [5, 5.41) is 9.32. The zero-order valence-corrected chi connectivity index (χ0v) is 18.9. The Morgan fingerprint density at radius 2 is 1.81 bits per heavy atom. The highest BCUT2D eigenvalue weighted by Gasteiger charge is 2.18. The number of carbonyl (C=O) groups is 1. The van der Waals surface area contributed by atoms with Crippen LogP contribution < -0.4 is 10.9 Å². The zero-order chi connectivity index (χ0) is 22.5. The van der Waals surface area contributed by atoms with E-state index < -0.39 is 0 Å². The summed E-state index contributed by atoms with van der Waals surface area (Å²) >= 11 is 1.47. The quantitative estimate of drug-likeness (QED) is 0.395. The number of aromatic nitrogens is 4. The van der Waals surface area contributed by atoms with Crippen LogP contribution in [0.2, 0.25) is 0 Å². The Kier molecular flexibility index (Phi) is 6.70. The molecule has 164 valence electrons. The summed E-state index contributed by atoms with van der Waals surface area (Å²) in [6.07, 6.45) is 6.50. The van der Waals surface area contributed by atoms with E-state index >= 15 is 0 Å². The topological polar surface area (TPSA) is 81.8 Å². The Labute approximate surface area is 190 Å². The van der Waals surface area contributed by atoms with Gasteiger partial charge >= 0.3 is 0 Å². The van der Waals surface area contributed by atoms with Crippen LogP contribution in [0, 0.1) is 0 Å². The fourth-order valence-electron chi connectivity index (χ4n) is 3.46. The third-order valence-corrected chi connectivity index (χ3v) is 6.32. The molecule has 0 saturated carbocycles. The van der Waals surface area contributed by atoms with Crippen LogP contribution in [-0.2, 0) is 13.6 Å². The molecule has 4 rings (SSSR count). The fourth-order valence-corrected chi connectivity index (χ4v) is 4.35. The van der Waals surface area contributed by atoms with E-state index in [2.05, 4.69) is 22.3 Å². The maximum atomic E-state index is 13.3. The van der Waals surface area contributed by atoms with Crippen molar-refractivity contribution in [2.75, 3.05) is 5.32 Å². The highest BCUT2D eigenvalue weighted by molar-refractivity contribution is 7.99. The van der Waals surface area contributed by atoms with Gasteiger partial charge in [0.05, 0.1) is 11.1 Å². The Hall–Kier alpha value is -3.39. The minimum Gasteiger partial charge on any atom is -0.329 e. The third kappa shape index (κ3) is 4.60. The van der Waals surface area contributed by atoms with E-state index in [1.807, 2.05) is 48.1 Å². The highest BCUT2D eigenvalue weighted by Crippen LogP contribution is 2.32. The number of hydrogen-bond acceptors (Lipinski definition) is 5. The Balaban J connectivity index is 1.68. The summed E-state index contributed by atoms with van der Waals surface area (Å²) in [5.74, 6) is -0.349. The van der Waals surface area contributed by atoms with E-state index in [9.17, 15) is 9.59 Å². The van der Waals surface area contributed by atoms with E-state index in [-0.39, 0.29) is 17.2 Å². The molecule has 2 aromatic carbocycles. The summed E-state index contributed by atoms with van der Waals surface area (Å²) in [4.78, 5) is 31.4. The van der Waals surface area contributed by atoms with Crippen LogP contribution in [0.15, 0.2) is 75.8 Å². The third-order valence-electron chi connectivity index (χ3n) is 5.17. The second kappa shape index (κ2) is 9.82. The van der Waals surface area contributed by atoms with Gasteiger partial charge in [-0.3, -0.25) is 9.59 Å². The lowest BCUT2D eigenvalue weighted by atomic mass is 10.1. The number of nitrogens with zero attached hydrogens (tertiary/aromatic N) is 4. The molecule has 0 aliphatic heterocycles. The molecule has 32 heavy (non-hydrogen) atoms. The van der Waals surface area contributed by atoms with Crippen molar-refractivity contribution in [3.05, 3.63) is 77.0 Å². The number of unbranched alkanes of at least 4 members (excludes halogenated alkanes) is 2. The summed E-state index contributed by atoms with van der Waals surface area (Å²) < 4.78 is 3.34. The molecule has 7 nitrogen and oxygen atoms in total. The number of benzene rings is 2. The Morgan fingerprint density at radius 3 is 2.56 bits per heavy atom. The number of aryl methyl sites for hydroxylation is 2. The second-order valence-corrected chi connectivity index (χ2v) is 8.51. The van der Waals surface area contributed by atoms with E-state index in [0.717, 1.165) is 29.3 Å². The van der Waals surface area contributed by atoms with Crippen LogP contribution in [0.4, 0.5) is 5.69 Å². The molecule has 0 aliphatic carbocycles. The standard InChI is InChI=1S/C24H25N5O2S/c1-3-4-9-15-29-23(31)18-11-6-5-10-17(18)21(27-29)22(30)26-19-12-7-8-13-20(19)32-24-25-14-16-28(24)2/h5-8,10-14,16H,3-4,9,15H2,1-2H3,(H,26,30). The van der Waals surface area contributed by atoms with Gasteiger partial charge in [0, 0.05) is 36.3 Å². The molecule has 8 heteroatoms. The molecule has 0 fully saturated rings. The maximum absolute atomic E-state index is 13.3. The number of carbonyl (C=O) groups excluding carboxylic acids is 1. The van der Waals surface area contributed by atoms with Crippen LogP contribution >= 0.6 is 11.8 Å². The molecule has 0 saturated heterocycles. The smallest absolute Gasteiger partial charge is 0.276 e. The van der Waals surface area contributed by atoms with Gasteiger partial charge < -0.3 is 9.88 Å². The lowest BCUT2D eigenvalue weighted by Gasteiger charge is -2.13. The Morgan fingerprint density at radius 1 is 1.06 bits per heavy atom. The predicted molar refractivity (Wildman–Crippen MR) is 127 cm³/mol. The number of imidazole rings is 1. The summed E-state index contributed by atoms with van der Waals surface area (Å²) in [6, 6.07) is 14.7. The van der Waals surface area contributed by atoms with Crippen LogP contribution in [-0.4, -0.2) is 25.2 Å². The number of nitrogens with one attached hydrogen (secondary N) is 1. The highest BCUT2D eigenvalue weighted by atomic mass is 32.2. The van der Waals surface area contributed by atoms with Gasteiger partial charge in [-0.15, -0.1) is 0 Å². The maximum Gasteiger partial charge on any atom is 0.276 e. The van der Waals surface area contributed by atoms with E-state index in [1.165, 1.54) is 16.4 Å². The van der Waals surface area contributed by atoms with Crippen LogP contribution in [0.5, 0.6) is 0 Å². The molecular formula is C24H25N5O2S. The number of amides is 1. The van der Waals surface area contributed by atoms with Gasteiger partial charge in [-0.25, -0.2) is 9.67 Å². The monoisotopic (exact) mass is 447 g/mol. The summed E-state index contributed by atoms with van der Waals surface area (Å²) in [7, 11) is 1.92. The average Bonchev–Trinajstić information content (AvgIpc) is 3.21. The van der Waals surface area contributed by atoms with E-state index in [1.54, 1.807) is 24.4 Å². The molecule has 0 atom stereocenters. The van der Waals surface area contributed by atoms with E-state index in [0.29, 0.717) is 23.0 Å². The normalized spacial score (nSPS) is 11.1. The van der Waals surface area contributed by atoms with Crippen molar-refractivity contribution in [1.82, 2.24) is 19.3 Å². The van der Waals surface area contributed by atoms with Crippen molar-refractivity contribution in [3.8, 4) is 0 Å². The minimum atomic E-state index is -0.349. The summed E-state index contributed by atoms with van der Waals surface area (Å²) in [5.41, 5.74) is 0.743. The van der Waals surface area contributed by atoms with Crippen molar-refractivity contribution < 1.29 is 4.79 Å². The SMILES string of the molecule is CCCCCn1nc(C(=O)Nc2ccccc2Sc2nccn2C)c2ccccc2c1=O. The average molecular weight is 448 g/mol. The molecule has 1 amide bonds. The van der Waals surface area contributed by atoms with Crippen molar-refractivity contribution >= 4 is 34.1 Å². The number of rotatable bonds is 8. The fraction of sp³-hybridized carbons (Fsp3) is 0.250. The van der Waals surface area contributed by atoms with Crippen molar-refractivity contribution in [2.45, 2.75) is 42.8 Å². The van der Waals surface area contributed by atoms with Gasteiger partial charge in [-0.2, -0.15) is 5.10 Å². The number of para-hydroxylation sites is 1. The predicted octanol–water partition coefficient (Wildman–Crippen LogP) is 4.72. The van der Waals surface area contributed by atoms with Gasteiger partial charge in [-0.1, -0.05) is 50.1 Å². The van der Waals surface area contributed by atoms with Crippen molar-refractivity contribution in [1.29, 1.82) is 0 Å². The largest absolute Gasteiger partial charge is 0.329 e. The molecular weight excluding hydrogens is 422 g/mol. The van der Waals surface area contributed by atoms with Crippen LogP contribution in [0.1, 0.15) is 36.7 Å². The molecule has 2 heterocycles. The van der Waals surface area contributed by atoms with Gasteiger partial charge in [0.25, 0.3) is 11.5 Å². The first-order valence-electron chi connectivity index (χ1n) is 10.6. The van der Waals surface area contributed by atoms with Crippen molar-refractivity contribution in [2.24, 2.45) is 7.05 Å². The minimum absolute atomic E-state index is 0.168. The van der Waals surface area contributed by atoms with Crippen molar-refractivity contribution in [3.63, 3.8) is 0 Å². The first kappa shape index (κ1) is 21.8. The van der Waals surface area contributed by atoms with Gasteiger partial charge in [-0.05, 0) is 36.4 Å². The number of fused-ring (bicyclic) bond motifs is 1. The first-order valence-corrected chi connectivity index (χ1v) is 11.5. The van der Waals surface area contributed by atoms with E-state index in [4.69, 9.17) is 0 Å². The first-order chi connectivity index (χ1) is 15.6. The molecule has 0 spiro atoms. The van der Waals surface area contributed by atoms with Crippen LogP contribution in [0.25, 0.3) is 10.8 Å². The molecule has 4 aromatic rings. The molecule has 0 bridgehead atoms.